The molecule has 1 aliphatic rings. The first kappa shape index (κ1) is 13.4. The Labute approximate surface area is 119 Å². The summed E-state index contributed by atoms with van der Waals surface area (Å²) in [4.78, 5) is 11.3. The molecule has 1 aliphatic carbocycles. The summed E-state index contributed by atoms with van der Waals surface area (Å²) in [5.74, 6) is 1.34. The van der Waals surface area contributed by atoms with Crippen LogP contribution < -0.4 is 5.73 Å². The number of hydrogen-bond acceptors (Lipinski definition) is 4. The number of aryl methyl sites for hydroxylation is 2. The summed E-state index contributed by atoms with van der Waals surface area (Å²) in [7, 11) is 2.21. The van der Waals surface area contributed by atoms with Gasteiger partial charge in [-0.1, -0.05) is 0 Å². The average molecular weight is 273 g/mol. The third kappa shape index (κ3) is 2.16. The first-order valence-electron chi connectivity index (χ1n) is 7.28. The molecule has 0 unspecified atom stereocenters. The van der Waals surface area contributed by atoms with Crippen molar-refractivity contribution < 1.29 is 0 Å². The molecule has 5 nitrogen and oxygen atoms in total. The van der Waals surface area contributed by atoms with Crippen molar-refractivity contribution in [2.45, 2.75) is 46.2 Å². The second kappa shape index (κ2) is 4.74. The molecule has 1 saturated carbocycles. The van der Waals surface area contributed by atoms with E-state index >= 15 is 0 Å². The molecule has 0 aromatic carbocycles. The number of aromatic nitrogens is 3. The topological polar surface area (TPSA) is 60.0 Å². The Hall–Kier alpha value is -1.62. The van der Waals surface area contributed by atoms with Crippen LogP contribution >= 0.6 is 0 Å². The van der Waals surface area contributed by atoms with Crippen molar-refractivity contribution in [3.8, 4) is 0 Å². The first-order valence-corrected chi connectivity index (χ1v) is 7.28. The molecule has 2 aromatic heterocycles. The fourth-order valence-corrected chi connectivity index (χ4v) is 2.91. The number of nitrogens with two attached hydrogens (primary N) is 1. The first-order chi connectivity index (χ1) is 9.49. The van der Waals surface area contributed by atoms with E-state index in [0.717, 1.165) is 36.0 Å². The van der Waals surface area contributed by atoms with Crippen LogP contribution in [0.5, 0.6) is 0 Å². The highest BCUT2D eigenvalue weighted by atomic mass is 15.2. The van der Waals surface area contributed by atoms with Crippen LogP contribution in [0.4, 0.5) is 5.82 Å². The van der Waals surface area contributed by atoms with Gasteiger partial charge in [0.25, 0.3) is 0 Å². The zero-order chi connectivity index (χ0) is 14.4. The predicted molar refractivity (Wildman–Crippen MR) is 81.8 cm³/mol. The van der Waals surface area contributed by atoms with E-state index in [0.29, 0.717) is 5.82 Å². The van der Waals surface area contributed by atoms with Crippen molar-refractivity contribution in [3.63, 3.8) is 0 Å². The van der Waals surface area contributed by atoms with Gasteiger partial charge in [0.15, 0.2) is 0 Å². The number of likely N-dealkylation sites (N-methyl/N-ethyl adjacent to an activating group) is 1. The molecule has 5 heteroatoms. The molecule has 0 aliphatic heterocycles. The van der Waals surface area contributed by atoms with E-state index in [-0.39, 0.29) is 0 Å². The maximum atomic E-state index is 6.08. The van der Waals surface area contributed by atoms with Gasteiger partial charge in [0.05, 0.1) is 5.39 Å². The van der Waals surface area contributed by atoms with Crippen molar-refractivity contribution in [2.75, 3.05) is 19.3 Å². The van der Waals surface area contributed by atoms with Crippen LogP contribution in [0.1, 0.15) is 29.9 Å². The third-order valence-corrected chi connectivity index (χ3v) is 4.45. The van der Waals surface area contributed by atoms with Gasteiger partial charge in [0.2, 0.25) is 0 Å². The van der Waals surface area contributed by atoms with Crippen LogP contribution in [0.15, 0.2) is 0 Å². The number of hydrogen-bond donors (Lipinski definition) is 1. The van der Waals surface area contributed by atoms with E-state index in [1.54, 1.807) is 0 Å². The lowest BCUT2D eigenvalue weighted by molar-refractivity contribution is 0.309. The van der Waals surface area contributed by atoms with Gasteiger partial charge in [0, 0.05) is 24.8 Å². The molecule has 0 radical (unpaired) electrons. The molecule has 20 heavy (non-hydrogen) atoms. The average Bonchev–Trinajstić information content (AvgIpc) is 3.18. The van der Waals surface area contributed by atoms with Crippen LogP contribution in [0.2, 0.25) is 0 Å². The van der Waals surface area contributed by atoms with E-state index < -0.39 is 0 Å². The second-order valence-corrected chi connectivity index (χ2v) is 5.93. The van der Waals surface area contributed by atoms with Gasteiger partial charge in [-0.05, 0) is 46.2 Å². The Balaban J connectivity index is 1.98. The predicted octanol–water partition coefficient (Wildman–Crippen LogP) is 2.03. The number of nitrogen functional groups attached to an aromatic ring is 1. The summed E-state index contributed by atoms with van der Waals surface area (Å²) in [6.45, 7) is 8.15. The SMILES string of the molecule is Cc1nc(N)c2c(C)c(C)n(CCN(C)C3CC3)c2n1. The highest BCUT2D eigenvalue weighted by Crippen LogP contribution is 2.29. The maximum Gasteiger partial charge on any atom is 0.146 e. The number of fused-ring (bicyclic) bond motifs is 1. The Morgan fingerprint density at radius 2 is 1.95 bits per heavy atom. The smallest absolute Gasteiger partial charge is 0.146 e. The lowest BCUT2D eigenvalue weighted by Gasteiger charge is -2.17. The van der Waals surface area contributed by atoms with Crippen molar-refractivity contribution in [1.29, 1.82) is 0 Å². The van der Waals surface area contributed by atoms with Crippen LogP contribution in [0.25, 0.3) is 11.0 Å². The molecular formula is C15H23N5. The van der Waals surface area contributed by atoms with Crippen molar-refractivity contribution in [3.05, 3.63) is 17.1 Å². The summed E-state index contributed by atoms with van der Waals surface area (Å²) >= 11 is 0. The maximum absolute atomic E-state index is 6.08. The summed E-state index contributed by atoms with van der Waals surface area (Å²) < 4.78 is 2.29. The summed E-state index contributed by atoms with van der Waals surface area (Å²) in [6.07, 6.45) is 2.68. The van der Waals surface area contributed by atoms with Gasteiger partial charge in [-0.3, -0.25) is 0 Å². The van der Waals surface area contributed by atoms with Gasteiger partial charge < -0.3 is 15.2 Å². The van der Waals surface area contributed by atoms with Gasteiger partial charge in [-0.2, -0.15) is 0 Å². The molecular weight excluding hydrogens is 250 g/mol. The number of anilines is 1. The fraction of sp³-hybridized carbons (Fsp3) is 0.600. The van der Waals surface area contributed by atoms with Crippen LogP contribution in [0, 0.1) is 20.8 Å². The summed E-state index contributed by atoms with van der Waals surface area (Å²) in [5, 5.41) is 1.02. The minimum atomic E-state index is 0.599. The van der Waals surface area contributed by atoms with E-state index in [1.807, 2.05) is 6.92 Å². The zero-order valence-corrected chi connectivity index (χ0v) is 12.8. The molecule has 3 rings (SSSR count). The van der Waals surface area contributed by atoms with Crippen LogP contribution in [-0.2, 0) is 6.54 Å². The Bertz CT molecular complexity index is 654. The van der Waals surface area contributed by atoms with Crippen molar-refractivity contribution in [1.82, 2.24) is 19.4 Å². The van der Waals surface area contributed by atoms with Crippen LogP contribution in [-0.4, -0.2) is 39.1 Å². The third-order valence-electron chi connectivity index (χ3n) is 4.45. The van der Waals surface area contributed by atoms with Crippen molar-refractivity contribution >= 4 is 16.9 Å². The largest absolute Gasteiger partial charge is 0.383 e. The molecule has 2 aromatic rings. The monoisotopic (exact) mass is 273 g/mol. The molecule has 0 spiro atoms. The Morgan fingerprint density at radius 3 is 2.60 bits per heavy atom. The highest BCUT2D eigenvalue weighted by Gasteiger charge is 2.26. The van der Waals surface area contributed by atoms with Crippen molar-refractivity contribution in [2.24, 2.45) is 0 Å². The minimum Gasteiger partial charge on any atom is -0.383 e. The molecule has 0 bridgehead atoms. The van der Waals surface area contributed by atoms with E-state index in [4.69, 9.17) is 5.73 Å². The van der Waals surface area contributed by atoms with E-state index in [2.05, 4.69) is 40.3 Å². The van der Waals surface area contributed by atoms with Gasteiger partial charge >= 0.3 is 0 Å². The normalized spacial score (nSPS) is 15.4. The Morgan fingerprint density at radius 1 is 1.25 bits per heavy atom. The number of rotatable bonds is 4. The fourth-order valence-electron chi connectivity index (χ4n) is 2.91. The summed E-state index contributed by atoms with van der Waals surface area (Å²) in [6, 6.07) is 0.791. The molecule has 0 atom stereocenters. The Kier molecular flexibility index (Phi) is 3.17. The second-order valence-electron chi connectivity index (χ2n) is 5.93. The lowest BCUT2D eigenvalue weighted by Crippen LogP contribution is -2.25. The van der Waals surface area contributed by atoms with E-state index in [9.17, 15) is 0 Å². The minimum absolute atomic E-state index is 0.599. The highest BCUT2D eigenvalue weighted by molar-refractivity contribution is 5.91. The molecule has 1 fully saturated rings. The van der Waals surface area contributed by atoms with Crippen LogP contribution in [0.3, 0.4) is 0 Å². The van der Waals surface area contributed by atoms with Gasteiger partial charge in [0.1, 0.15) is 17.3 Å². The molecule has 2 heterocycles. The molecule has 0 amide bonds. The standard InChI is InChI=1S/C15H23N5/c1-9-10(2)20(8-7-19(4)12-5-6-12)15-13(9)14(16)17-11(3)18-15/h12H,5-8H2,1-4H3,(H2,16,17,18). The lowest BCUT2D eigenvalue weighted by atomic mass is 10.2. The molecule has 108 valence electrons. The zero-order valence-electron chi connectivity index (χ0n) is 12.8. The quantitative estimate of drug-likeness (QED) is 0.926. The van der Waals surface area contributed by atoms with Gasteiger partial charge in [-0.15, -0.1) is 0 Å². The van der Waals surface area contributed by atoms with Gasteiger partial charge in [-0.25, -0.2) is 9.97 Å². The van der Waals surface area contributed by atoms with E-state index in [1.165, 1.54) is 24.1 Å². The number of nitrogens with zero attached hydrogens (tertiary/aromatic N) is 4. The summed E-state index contributed by atoms with van der Waals surface area (Å²) in [5.41, 5.74) is 9.51. The molecule has 2 N–H and O–H groups in total. The molecule has 0 saturated heterocycles.